The summed E-state index contributed by atoms with van der Waals surface area (Å²) < 4.78 is 5.38. The van der Waals surface area contributed by atoms with E-state index in [0.717, 1.165) is 57.7 Å². The number of aromatic hydroxyl groups is 1. The predicted molar refractivity (Wildman–Crippen MR) is 131 cm³/mol. The van der Waals surface area contributed by atoms with Gasteiger partial charge in [0.05, 0.1) is 25.4 Å². The highest BCUT2D eigenvalue weighted by atomic mass is 127. The van der Waals surface area contributed by atoms with E-state index in [9.17, 15) is 10.2 Å². The number of rotatable bonds is 7. The average Bonchev–Trinajstić information content (AvgIpc) is 2.71. The summed E-state index contributed by atoms with van der Waals surface area (Å²) in [4.78, 5) is 6.92. The normalized spacial score (nSPS) is 19.4. The Labute approximate surface area is 197 Å². The number of aliphatic imine (C=N–C) groups is 1. The fourth-order valence-electron chi connectivity index (χ4n) is 4.14. The van der Waals surface area contributed by atoms with E-state index in [-0.39, 0.29) is 24.0 Å². The molecule has 1 aromatic carbocycles. The monoisotopic (exact) mass is 532 g/mol. The van der Waals surface area contributed by atoms with Crippen molar-refractivity contribution in [1.82, 2.24) is 15.5 Å². The first kappa shape index (κ1) is 25.2. The summed E-state index contributed by atoms with van der Waals surface area (Å²) in [5.74, 6) is 0.979. The number of aliphatic hydroxyl groups is 1. The summed E-state index contributed by atoms with van der Waals surface area (Å²) in [7, 11) is 0. The van der Waals surface area contributed by atoms with Crippen LogP contribution in [-0.2, 0) is 24.1 Å². The number of phenolic OH excluding ortho intramolecular Hbond substituents is 1. The number of benzene rings is 1. The van der Waals surface area contributed by atoms with Gasteiger partial charge in [-0.2, -0.15) is 0 Å². The maximum Gasteiger partial charge on any atom is 0.191 e. The quantitative estimate of drug-likeness (QED) is 0.244. The summed E-state index contributed by atoms with van der Waals surface area (Å²) >= 11 is 0. The van der Waals surface area contributed by atoms with Crippen molar-refractivity contribution < 1.29 is 14.9 Å². The van der Waals surface area contributed by atoms with Gasteiger partial charge >= 0.3 is 0 Å². The molecule has 0 saturated carbocycles. The third-order valence-electron chi connectivity index (χ3n) is 5.67. The van der Waals surface area contributed by atoms with Crippen LogP contribution in [0.15, 0.2) is 17.1 Å². The van der Waals surface area contributed by atoms with Gasteiger partial charge in [0.25, 0.3) is 0 Å². The maximum absolute atomic E-state index is 10.8. The minimum Gasteiger partial charge on any atom is -0.508 e. The van der Waals surface area contributed by atoms with Crippen LogP contribution in [-0.4, -0.2) is 72.6 Å². The molecule has 7 nitrogen and oxygen atoms in total. The lowest BCUT2D eigenvalue weighted by molar-refractivity contribution is -0.0201. The molecule has 8 heteroatoms. The molecule has 0 amide bonds. The van der Waals surface area contributed by atoms with Crippen molar-refractivity contribution in [1.29, 1.82) is 0 Å². The van der Waals surface area contributed by atoms with Crippen LogP contribution in [0, 0.1) is 0 Å². The molecular formula is C22H37IN4O3. The van der Waals surface area contributed by atoms with E-state index >= 15 is 0 Å². The Bertz CT molecular complexity index is 706. The van der Waals surface area contributed by atoms with Gasteiger partial charge < -0.3 is 25.6 Å². The molecule has 1 fully saturated rings. The molecule has 1 heterocycles. The topological polar surface area (TPSA) is 89.4 Å². The number of phenols is 1. The largest absolute Gasteiger partial charge is 0.508 e. The van der Waals surface area contributed by atoms with Crippen molar-refractivity contribution >= 4 is 29.9 Å². The van der Waals surface area contributed by atoms with Crippen LogP contribution in [0.5, 0.6) is 5.75 Å². The molecule has 1 aliphatic heterocycles. The Morgan fingerprint density at radius 2 is 1.93 bits per heavy atom. The molecular weight excluding hydrogens is 495 g/mol. The van der Waals surface area contributed by atoms with Gasteiger partial charge in [-0.25, -0.2) is 4.99 Å². The van der Waals surface area contributed by atoms with Crippen LogP contribution < -0.4 is 10.6 Å². The SMILES string of the molecule is CCNC(=NCc1c(O)ccc2c1CCCC2)NCC(C)(O)CN1CCOCC1.I. The Morgan fingerprint density at radius 3 is 2.67 bits per heavy atom. The molecule has 30 heavy (non-hydrogen) atoms. The molecule has 2 aliphatic rings. The lowest BCUT2D eigenvalue weighted by Crippen LogP contribution is -2.52. The van der Waals surface area contributed by atoms with Crippen LogP contribution >= 0.6 is 24.0 Å². The molecule has 1 aromatic rings. The number of hydrogen-bond acceptors (Lipinski definition) is 5. The molecule has 0 aromatic heterocycles. The summed E-state index contributed by atoms with van der Waals surface area (Å²) in [6.07, 6.45) is 4.46. The third kappa shape index (κ3) is 7.25. The first-order valence-electron chi connectivity index (χ1n) is 10.9. The maximum atomic E-state index is 10.8. The first-order chi connectivity index (χ1) is 14.0. The van der Waals surface area contributed by atoms with E-state index in [2.05, 4.69) is 15.5 Å². The van der Waals surface area contributed by atoms with Gasteiger partial charge in [0.2, 0.25) is 0 Å². The summed E-state index contributed by atoms with van der Waals surface area (Å²) in [5.41, 5.74) is 2.65. The van der Waals surface area contributed by atoms with Crippen molar-refractivity contribution in [3.8, 4) is 5.75 Å². The average molecular weight is 532 g/mol. The number of nitrogens with zero attached hydrogens (tertiary/aromatic N) is 2. The highest BCUT2D eigenvalue weighted by Crippen LogP contribution is 2.31. The Kier molecular flexibility index (Phi) is 10.1. The second-order valence-corrected chi connectivity index (χ2v) is 8.34. The van der Waals surface area contributed by atoms with Crippen molar-refractivity contribution in [2.75, 3.05) is 45.9 Å². The summed E-state index contributed by atoms with van der Waals surface area (Å²) in [6, 6.07) is 3.84. The molecule has 1 saturated heterocycles. The number of aryl methyl sites for hydroxylation is 1. The Morgan fingerprint density at radius 1 is 1.20 bits per heavy atom. The predicted octanol–water partition coefficient (Wildman–Crippen LogP) is 2.03. The standard InChI is InChI=1S/C22H36N4O3.HI/c1-3-23-21(25-15-22(2,28)16-26-10-12-29-13-11-26)24-14-19-18-7-5-4-6-17(18)8-9-20(19)27;/h8-9,27-28H,3-7,10-16H2,1-2H3,(H2,23,24,25);1H. The minimum absolute atomic E-state index is 0. The van der Waals surface area contributed by atoms with Gasteiger partial charge in [-0.15, -0.1) is 24.0 Å². The van der Waals surface area contributed by atoms with E-state index < -0.39 is 5.60 Å². The number of β-amino-alcohol motifs (C(OH)–C–C–N with tert-alkyl or cyclic N) is 1. The number of fused-ring (bicyclic) bond motifs is 1. The van der Waals surface area contributed by atoms with Crippen LogP contribution in [0.25, 0.3) is 0 Å². The van der Waals surface area contributed by atoms with Crippen molar-refractivity contribution in [2.45, 2.75) is 51.7 Å². The minimum atomic E-state index is -0.873. The Hall–Kier alpha value is -1.10. The van der Waals surface area contributed by atoms with Crippen molar-refractivity contribution in [2.24, 2.45) is 4.99 Å². The highest BCUT2D eigenvalue weighted by molar-refractivity contribution is 14.0. The molecule has 0 radical (unpaired) electrons. The van der Waals surface area contributed by atoms with Crippen LogP contribution in [0.1, 0.15) is 43.4 Å². The van der Waals surface area contributed by atoms with Crippen LogP contribution in [0.2, 0.25) is 0 Å². The van der Waals surface area contributed by atoms with Gasteiger partial charge in [0.15, 0.2) is 5.96 Å². The number of morpholine rings is 1. The molecule has 1 aliphatic carbocycles. The molecule has 0 spiro atoms. The second-order valence-electron chi connectivity index (χ2n) is 8.34. The van der Waals surface area contributed by atoms with Crippen LogP contribution in [0.3, 0.4) is 0 Å². The number of hydrogen-bond donors (Lipinski definition) is 4. The van der Waals surface area contributed by atoms with Crippen LogP contribution in [0.4, 0.5) is 0 Å². The van der Waals surface area contributed by atoms with Crippen molar-refractivity contribution in [3.63, 3.8) is 0 Å². The number of ether oxygens (including phenoxy) is 1. The number of guanidine groups is 1. The molecule has 1 atom stereocenters. The zero-order valence-electron chi connectivity index (χ0n) is 18.2. The fraction of sp³-hybridized carbons (Fsp3) is 0.682. The number of nitrogens with one attached hydrogen (secondary N) is 2. The smallest absolute Gasteiger partial charge is 0.191 e. The van der Waals surface area contributed by atoms with E-state index in [1.165, 1.54) is 17.5 Å². The molecule has 1 unspecified atom stereocenters. The molecule has 3 rings (SSSR count). The third-order valence-corrected chi connectivity index (χ3v) is 5.67. The zero-order chi connectivity index (χ0) is 20.7. The highest BCUT2D eigenvalue weighted by Gasteiger charge is 2.25. The van der Waals surface area contributed by atoms with E-state index in [0.29, 0.717) is 31.3 Å². The van der Waals surface area contributed by atoms with E-state index in [1.54, 1.807) is 6.07 Å². The second kappa shape index (κ2) is 12.1. The molecule has 0 bridgehead atoms. The molecule has 4 N–H and O–H groups in total. The lowest BCUT2D eigenvalue weighted by Gasteiger charge is -2.34. The van der Waals surface area contributed by atoms with Gasteiger partial charge in [0.1, 0.15) is 5.75 Å². The summed E-state index contributed by atoms with van der Waals surface area (Å²) in [5, 5.41) is 27.7. The number of halogens is 1. The van der Waals surface area contributed by atoms with Gasteiger partial charge in [-0.05, 0) is 56.7 Å². The van der Waals surface area contributed by atoms with Crippen molar-refractivity contribution in [3.05, 3.63) is 28.8 Å². The Balaban J connectivity index is 0.00000320. The van der Waals surface area contributed by atoms with Gasteiger partial charge in [-0.1, -0.05) is 6.07 Å². The first-order valence-corrected chi connectivity index (χ1v) is 10.9. The summed E-state index contributed by atoms with van der Waals surface area (Å²) in [6.45, 7) is 9.16. The lowest BCUT2D eigenvalue weighted by atomic mass is 9.88. The van der Waals surface area contributed by atoms with Gasteiger partial charge in [0, 0.05) is 38.3 Å². The van der Waals surface area contributed by atoms with Gasteiger partial charge in [-0.3, -0.25) is 4.90 Å². The van der Waals surface area contributed by atoms with E-state index in [4.69, 9.17) is 9.73 Å². The fourth-order valence-corrected chi connectivity index (χ4v) is 4.14. The zero-order valence-corrected chi connectivity index (χ0v) is 20.6. The molecule has 170 valence electrons. The van der Waals surface area contributed by atoms with E-state index in [1.807, 2.05) is 19.9 Å².